The van der Waals surface area contributed by atoms with Crippen molar-refractivity contribution in [2.75, 3.05) is 26.0 Å². The van der Waals surface area contributed by atoms with E-state index in [9.17, 15) is 13.2 Å². The molecule has 2 saturated carbocycles. The largest absolute Gasteiger partial charge is 0.325 e. The molecule has 5 atom stereocenters. The Morgan fingerprint density at radius 3 is 2.77 bits per heavy atom. The van der Waals surface area contributed by atoms with E-state index >= 15 is 0 Å². The van der Waals surface area contributed by atoms with Crippen LogP contribution in [0.3, 0.4) is 0 Å². The van der Waals surface area contributed by atoms with Gasteiger partial charge in [0.1, 0.15) is 0 Å². The van der Waals surface area contributed by atoms with E-state index < -0.39 is 10.0 Å². The third kappa shape index (κ3) is 2.47. The van der Waals surface area contributed by atoms with Crippen LogP contribution in [0.1, 0.15) is 32.1 Å². The number of nitrogens with zero attached hydrogens (tertiary/aromatic N) is 2. The van der Waals surface area contributed by atoms with Crippen molar-refractivity contribution in [2.45, 2.75) is 44.2 Å². The Kier molecular flexibility index (Phi) is 3.51. The summed E-state index contributed by atoms with van der Waals surface area (Å²) < 4.78 is 25.5. The zero-order valence-corrected chi connectivity index (χ0v) is 13.9. The molecule has 2 aliphatic carbocycles. The van der Waals surface area contributed by atoms with Crippen molar-refractivity contribution in [1.29, 1.82) is 0 Å². The molecule has 22 heavy (non-hydrogen) atoms. The molecule has 2 heterocycles. The van der Waals surface area contributed by atoms with Crippen LogP contribution in [-0.4, -0.2) is 62.2 Å². The Balaban J connectivity index is 1.37. The molecule has 124 valence electrons. The maximum Gasteiger partial charge on any atom is 0.229 e. The van der Waals surface area contributed by atoms with Gasteiger partial charge in [0.2, 0.25) is 15.9 Å². The van der Waals surface area contributed by atoms with Gasteiger partial charge in [-0.1, -0.05) is 0 Å². The summed E-state index contributed by atoms with van der Waals surface area (Å²) in [6.45, 7) is 2.35. The molecular weight excluding hydrogens is 302 g/mol. The number of carbonyl (C=O) groups is 1. The number of β-lactam (4-membered cyclic amide) rings is 1. The molecular formula is C15H25N3O3S. The lowest BCUT2D eigenvalue weighted by Gasteiger charge is -2.51. The number of hydrogen-bond donors (Lipinski definition) is 1. The predicted octanol–water partition coefficient (Wildman–Crippen LogP) is 0.214. The lowest BCUT2D eigenvalue weighted by atomic mass is 9.76. The molecule has 2 saturated heterocycles. The number of piperidine rings is 1. The molecule has 0 radical (unpaired) electrons. The van der Waals surface area contributed by atoms with Crippen molar-refractivity contribution >= 4 is 15.9 Å². The number of amides is 1. The van der Waals surface area contributed by atoms with Crippen LogP contribution in [0.2, 0.25) is 0 Å². The summed E-state index contributed by atoms with van der Waals surface area (Å²) in [6, 6.07) is 0.463. The first-order valence-electron chi connectivity index (χ1n) is 8.42. The van der Waals surface area contributed by atoms with Crippen LogP contribution in [0.5, 0.6) is 0 Å². The molecule has 0 spiro atoms. The van der Waals surface area contributed by atoms with Gasteiger partial charge in [-0.3, -0.25) is 9.69 Å². The van der Waals surface area contributed by atoms with Crippen molar-refractivity contribution < 1.29 is 13.2 Å². The monoisotopic (exact) mass is 327 g/mol. The number of likely N-dealkylation sites (tertiary alicyclic amines) is 2. The van der Waals surface area contributed by atoms with Gasteiger partial charge < -0.3 is 4.90 Å². The van der Waals surface area contributed by atoms with Crippen molar-refractivity contribution in [2.24, 2.45) is 17.8 Å². The Morgan fingerprint density at radius 1 is 1.23 bits per heavy atom. The van der Waals surface area contributed by atoms with Crippen LogP contribution >= 0.6 is 0 Å². The van der Waals surface area contributed by atoms with E-state index in [1.807, 2.05) is 0 Å². The molecule has 1 N–H and O–H groups in total. The second kappa shape index (κ2) is 5.18. The first-order chi connectivity index (χ1) is 10.4. The van der Waals surface area contributed by atoms with Gasteiger partial charge >= 0.3 is 0 Å². The quantitative estimate of drug-likeness (QED) is 0.750. The summed E-state index contributed by atoms with van der Waals surface area (Å²) in [5.74, 6) is 2.03. The van der Waals surface area contributed by atoms with Crippen LogP contribution in [0, 0.1) is 17.8 Å². The highest BCUT2D eigenvalue weighted by Crippen LogP contribution is 2.56. The second-order valence-electron chi connectivity index (χ2n) is 7.61. The Labute approximate surface area is 132 Å². The van der Waals surface area contributed by atoms with Crippen LogP contribution in [0.4, 0.5) is 0 Å². The van der Waals surface area contributed by atoms with Crippen LogP contribution < -0.4 is 4.72 Å². The summed E-state index contributed by atoms with van der Waals surface area (Å²) in [4.78, 5) is 16.7. The standard InChI is InChI=1S/C15H25N3O3S/c1-22(20,21)16-12-3-2-6-17(8-12)9-18-14-11-5-4-10(7-11)13(14)15(18)19/h10-14,16H,2-9H2,1H3/t10-,11-,12+,13-,14+/m0/s1. The van der Waals surface area contributed by atoms with E-state index in [0.717, 1.165) is 25.3 Å². The van der Waals surface area contributed by atoms with Crippen molar-refractivity contribution in [3.05, 3.63) is 0 Å². The average Bonchev–Trinajstić information content (AvgIpc) is 3.01. The number of fused-ring (bicyclic) bond motifs is 5. The topological polar surface area (TPSA) is 69.7 Å². The molecule has 2 aliphatic heterocycles. The molecule has 0 aromatic carbocycles. The molecule has 0 aromatic rings. The van der Waals surface area contributed by atoms with Crippen LogP contribution in [-0.2, 0) is 14.8 Å². The fraction of sp³-hybridized carbons (Fsp3) is 0.933. The zero-order chi connectivity index (χ0) is 15.5. The minimum absolute atomic E-state index is 0.0176. The fourth-order valence-electron chi connectivity index (χ4n) is 5.28. The van der Waals surface area contributed by atoms with E-state index in [1.165, 1.54) is 25.5 Å². The smallest absolute Gasteiger partial charge is 0.229 e. The van der Waals surface area contributed by atoms with E-state index in [-0.39, 0.29) is 6.04 Å². The molecule has 4 fully saturated rings. The summed E-state index contributed by atoms with van der Waals surface area (Å²) in [7, 11) is -3.16. The first-order valence-corrected chi connectivity index (χ1v) is 10.3. The SMILES string of the molecule is CS(=O)(=O)N[C@@H]1CCCN(CN2C(=O)[C@H]3[C@H]4CC[C@@H](C4)[C@H]32)C1. The summed E-state index contributed by atoms with van der Waals surface area (Å²) in [6.07, 6.45) is 6.85. The molecule has 1 amide bonds. The van der Waals surface area contributed by atoms with E-state index in [0.29, 0.717) is 37.0 Å². The Bertz CT molecular complexity index is 579. The number of nitrogens with one attached hydrogen (secondary N) is 1. The number of rotatable bonds is 4. The van der Waals surface area contributed by atoms with Gasteiger partial charge in [0.25, 0.3) is 0 Å². The van der Waals surface area contributed by atoms with Crippen LogP contribution in [0.15, 0.2) is 0 Å². The first kappa shape index (κ1) is 14.9. The number of carbonyl (C=O) groups excluding carboxylic acids is 1. The van der Waals surface area contributed by atoms with E-state index in [2.05, 4.69) is 14.5 Å². The van der Waals surface area contributed by atoms with Gasteiger partial charge in [0.15, 0.2) is 0 Å². The third-order valence-electron chi connectivity index (χ3n) is 6.04. The number of hydrogen-bond acceptors (Lipinski definition) is 4. The molecule has 4 aliphatic rings. The van der Waals surface area contributed by atoms with Gasteiger partial charge in [-0.25, -0.2) is 13.1 Å². The Hall–Kier alpha value is -0.660. The highest BCUT2D eigenvalue weighted by atomic mass is 32.2. The molecule has 0 unspecified atom stereocenters. The second-order valence-corrected chi connectivity index (χ2v) is 9.39. The minimum Gasteiger partial charge on any atom is -0.325 e. The van der Waals surface area contributed by atoms with Gasteiger partial charge in [-0.2, -0.15) is 0 Å². The van der Waals surface area contributed by atoms with E-state index in [4.69, 9.17) is 0 Å². The normalized spacial score (nSPS) is 41.6. The van der Waals surface area contributed by atoms with Crippen molar-refractivity contribution in [1.82, 2.24) is 14.5 Å². The Morgan fingerprint density at radius 2 is 2.00 bits per heavy atom. The molecule has 2 bridgehead atoms. The molecule has 4 rings (SSSR count). The van der Waals surface area contributed by atoms with Crippen molar-refractivity contribution in [3.63, 3.8) is 0 Å². The average molecular weight is 327 g/mol. The van der Waals surface area contributed by atoms with Crippen LogP contribution in [0.25, 0.3) is 0 Å². The maximum absolute atomic E-state index is 12.4. The van der Waals surface area contributed by atoms with E-state index in [1.54, 1.807) is 0 Å². The molecule has 0 aromatic heterocycles. The lowest BCUT2D eigenvalue weighted by Crippen LogP contribution is -2.66. The van der Waals surface area contributed by atoms with Crippen molar-refractivity contribution in [3.8, 4) is 0 Å². The van der Waals surface area contributed by atoms with Gasteiger partial charge in [-0.15, -0.1) is 0 Å². The minimum atomic E-state index is -3.16. The maximum atomic E-state index is 12.4. The van der Waals surface area contributed by atoms with Gasteiger partial charge in [0, 0.05) is 18.6 Å². The summed E-state index contributed by atoms with van der Waals surface area (Å²) >= 11 is 0. The third-order valence-corrected chi connectivity index (χ3v) is 6.80. The lowest BCUT2D eigenvalue weighted by molar-refractivity contribution is -0.165. The number of sulfonamides is 1. The predicted molar refractivity (Wildman–Crippen MR) is 82.4 cm³/mol. The summed E-state index contributed by atoms with van der Waals surface area (Å²) in [5.41, 5.74) is 0. The molecule has 6 nitrogen and oxygen atoms in total. The highest BCUT2D eigenvalue weighted by molar-refractivity contribution is 7.88. The highest BCUT2D eigenvalue weighted by Gasteiger charge is 2.61. The summed E-state index contributed by atoms with van der Waals surface area (Å²) in [5, 5.41) is 0. The van der Waals surface area contributed by atoms with Gasteiger partial charge in [-0.05, 0) is 50.5 Å². The van der Waals surface area contributed by atoms with Gasteiger partial charge in [0.05, 0.1) is 18.8 Å². The molecule has 7 heteroatoms. The zero-order valence-electron chi connectivity index (χ0n) is 13.1. The fourth-order valence-corrected chi connectivity index (χ4v) is 6.07.